The summed E-state index contributed by atoms with van der Waals surface area (Å²) in [4.78, 5) is 27.4. The van der Waals surface area contributed by atoms with Crippen molar-refractivity contribution >= 4 is 17.7 Å². The molecule has 0 atom stereocenters. The number of hydrogen-bond donors (Lipinski definition) is 0. The van der Waals surface area contributed by atoms with Crippen LogP contribution in [0.3, 0.4) is 0 Å². The molecule has 1 aromatic rings. The van der Waals surface area contributed by atoms with Gasteiger partial charge in [-0.3, -0.25) is 4.79 Å². The molecule has 0 saturated heterocycles. The maximum atomic E-state index is 12.4. The summed E-state index contributed by atoms with van der Waals surface area (Å²) in [5.74, 6) is -1.50. The zero-order valence-corrected chi connectivity index (χ0v) is 11.5. The van der Waals surface area contributed by atoms with E-state index in [0.717, 1.165) is 24.3 Å². The molecule has 1 aliphatic carbocycles. The minimum Gasteiger partial charge on any atom is -0.469 e. The lowest BCUT2D eigenvalue weighted by Gasteiger charge is -2.23. The largest absolute Gasteiger partial charge is 0.469 e. The number of halogens is 3. The molecule has 0 amide bonds. The SMILES string of the molecule is COC(=O)C1CC(=NOC(=O)c2ccc(C(F)(F)F)cc2)C1. The van der Waals surface area contributed by atoms with Gasteiger partial charge < -0.3 is 9.57 Å². The lowest BCUT2D eigenvalue weighted by molar-refractivity contribution is -0.145. The summed E-state index contributed by atoms with van der Waals surface area (Å²) in [5.41, 5.74) is -0.368. The van der Waals surface area contributed by atoms with E-state index in [1.165, 1.54) is 7.11 Å². The van der Waals surface area contributed by atoms with Gasteiger partial charge in [0, 0.05) is 12.8 Å². The summed E-state index contributed by atoms with van der Waals surface area (Å²) in [7, 11) is 1.28. The van der Waals surface area contributed by atoms with Crippen molar-refractivity contribution in [2.24, 2.45) is 11.1 Å². The van der Waals surface area contributed by atoms with Gasteiger partial charge >= 0.3 is 18.1 Å². The maximum absolute atomic E-state index is 12.4. The summed E-state index contributed by atoms with van der Waals surface area (Å²) < 4.78 is 41.7. The Morgan fingerprint density at radius 1 is 1.18 bits per heavy atom. The van der Waals surface area contributed by atoms with Crippen molar-refractivity contribution in [3.8, 4) is 0 Å². The molecular weight excluding hydrogens is 303 g/mol. The Morgan fingerprint density at radius 2 is 1.77 bits per heavy atom. The van der Waals surface area contributed by atoms with Crippen molar-refractivity contribution in [1.82, 2.24) is 0 Å². The van der Waals surface area contributed by atoms with E-state index in [4.69, 9.17) is 0 Å². The first-order chi connectivity index (χ1) is 10.3. The molecule has 1 fully saturated rings. The molecule has 22 heavy (non-hydrogen) atoms. The Morgan fingerprint density at radius 3 is 2.27 bits per heavy atom. The number of alkyl halides is 3. The summed E-state index contributed by atoms with van der Waals surface area (Å²) in [6.07, 6.45) is -3.78. The third-order valence-electron chi connectivity index (χ3n) is 3.20. The van der Waals surface area contributed by atoms with Crippen molar-refractivity contribution in [3.05, 3.63) is 35.4 Å². The number of esters is 1. The topological polar surface area (TPSA) is 65.0 Å². The van der Waals surface area contributed by atoms with Gasteiger partial charge in [0.05, 0.1) is 29.9 Å². The number of oxime groups is 1. The lowest BCUT2D eigenvalue weighted by Crippen LogP contribution is -2.31. The minimum atomic E-state index is -4.46. The average molecular weight is 315 g/mol. The molecule has 0 heterocycles. The molecule has 0 aliphatic heterocycles. The van der Waals surface area contributed by atoms with E-state index in [9.17, 15) is 22.8 Å². The molecule has 5 nitrogen and oxygen atoms in total. The number of methoxy groups -OCH3 is 1. The lowest BCUT2D eigenvalue weighted by atomic mass is 9.83. The van der Waals surface area contributed by atoms with Gasteiger partial charge in [0.2, 0.25) is 0 Å². The molecule has 0 unspecified atom stereocenters. The zero-order valence-electron chi connectivity index (χ0n) is 11.5. The summed E-state index contributed by atoms with van der Waals surface area (Å²) in [5, 5.41) is 3.58. The Balaban J connectivity index is 1.90. The van der Waals surface area contributed by atoms with E-state index in [2.05, 4.69) is 14.7 Å². The average Bonchev–Trinajstić information content (AvgIpc) is 2.44. The molecule has 0 radical (unpaired) electrons. The molecule has 2 rings (SSSR count). The van der Waals surface area contributed by atoms with Crippen LogP contribution in [-0.4, -0.2) is 24.8 Å². The summed E-state index contributed by atoms with van der Waals surface area (Å²) in [6.45, 7) is 0. The normalized spacial score (nSPS) is 17.5. The molecular formula is C14H12F3NO4. The predicted molar refractivity (Wildman–Crippen MR) is 69.0 cm³/mol. The van der Waals surface area contributed by atoms with Crippen LogP contribution >= 0.6 is 0 Å². The number of rotatable bonds is 3. The second-order valence-electron chi connectivity index (χ2n) is 4.74. The van der Waals surface area contributed by atoms with Gasteiger partial charge in [-0.15, -0.1) is 0 Å². The number of hydrogen-bond acceptors (Lipinski definition) is 5. The summed E-state index contributed by atoms with van der Waals surface area (Å²) >= 11 is 0. The van der Waals surface area contributed by atoms with Gasteiger partial charge in [-0.2, -0.15) is 13.2 Å². The van der Waals surface area contributed by atoms with Crippen LogP contribution in [-0.2, 0) is 20.5 Å². The van der Waals surface area contributed by atoms with E-state index in [1.807, 2.05) is 0 Å². The highest BCUT2D eigenvalue weighted by Crippen LogP contribution is 2.29. The molecule has 0 bridgehead atoms. The molecule has 0 N–H and O–H groups in total. The highest BCUT2D eigenvalue weighted by atomic mass is 19.4. The monoisotopic (exact) mass is 315 g/mol. The number of carbonyl (C=O) groups excluding carboxylic acids is 2. The van der Waals surface area contributed by atoms with E-state index >= 15 is 0 Å². The second-order valence-corrected chi connectivity index (χ2v) is 4.74. The molecule has 8 heteroatoms. The minimum absolute atomic E-state index is 0.0406. The van der Waals surface area contributed by atoms with Crippen molar-refractivity contribution in [1.29, 1.82) is 0 Å². The Kier molecular flexibility index (Phi) is 4.48. The molecule has 1 aromatic carbocycles. The van der Waals surface area contributed by atoms with Gasteiger partial charge in [-0.25, -0.2) is 4.79 Å². The smallest absolute Gasteiger partial charge is 0.416 e. The van der Waals surface area contributed by atoms with E-state index in [0.29, 0.717) is 18.6 Å². The van der Waals surface area contributed by atoms with Gasteiger partial charge in [0.25, 0.3) is 0 Å². The third-order valence-corrected chi connectivity index (χ3v) is 3.20. The van der Waals surface area contributed by atoms with Crippen LogP contribution in [0.25, 0.3) is 0 Å². The fourth-order valence-corrected chi connectivity index (χ4v) is 1.87. The van der Waals surface area contributed by atoms with Crippen molar-refractivity contribution in [2.75, 3.05) is 7.11 Å². The molecule has 0 spiro atoms. The van der Waals surface area contributed by atoms with Crippen LogP contribution in [0, 0.1) is 5.92 Å². The first kappa shape index (κ1) is 16.0. The number of ether oxygens (including phenoxy) is 1. The number of nitrogens with zero attached hydrogens (tertiary/aromatic N) is 1. The number of carbonyl (C=O) groups is 2. The van der Waals surface area contributed by atoms with Crippen LogP contribution in [0.2, 0.25) is 0 Å². The van der Waals surface area contributed by atoms with Crippen LogP contribution < -0.4 is 0 Å². The van der Waals surface area contributed by atoms with Crippen LogP contribution in [0.4, 0.5) is 13.2 Å². The van der Waals surface area contributed by atoms with Gasteiger partial charge in [0.1, 0.15) is 0 Å². The molecule has 1 aliphatic rings. The Labute approximate surface area is 123 Å². The van der Waals surface area contributed by atoms with Crippen LogP contribution in [0.15, 0.2) is 29.4 Å². The van der Waals surface area contributed by atoms with Crippen molar-refractivity contribution in [2.45, 2.75) is 19.0 Å². The van der Waals surface area contributed by atoms with E-state index in [1.54, 1.807) is 0 Å². The fourth-order valence-electron chi connectivity index (χ4n) is 1.87. The van der Waals surface area contributed by atoms with Crippen molar-refractivity contribution < 1.29 is 32.3 Å². The first-order valence-corrected chi connectivity index (χ1v) is 6.33. The number of benzene rings is 1. The summed E-state index contributed by atoms with van der Waals surface area (Å²) in [6, 6.07) is 3.62. The van der Waals surface area contributed by atoms with Crippen LogP contribution in [0.5, 0.6) is 0 Å². The highest BCUT2D eigenvalue weighted by Gasteiger charge is 2.33. The van der Waals surface area contributed by atoms with Gasteiger partial charge in [-0.1, -0.05) is 5.16 Å². The molecule has 0 aromatic heterocycles. The standard InChI is InChI=1S/C14H12F3NO4/c1-21-12(19)9-6-11(7-9)18-22-13(20)8-2-4-10(5-3-8)14(15,16)17/h2-5,9H,6-7H2,1H3. The predicted octanol–water partition coefficient (Wildman–Crippen LogP) is 2.80. The van der Waals surface area contributed by atoms with Crippen molar-refractivity contribution in [3.63, 3.8) is 0 Å². The van der Waals surface area contributed by atoms with Crippen LogP contribution in [0.1, 0.15) is 28.8 Å². The Hall–Kier alpha value is -2.38. The first-order valence-electron chi connectivity index (χ1n) is 6.33. The molecule has 1 saturated carbocycles. The second kappa shape index (κ2) is 6.17. The Bertz CT molecular complexity index is 600. The van der Waals surface area contributed by atoms with E-state index in [-0.39, 0.29) is 17.5 Å². The quantitative estimate of drug-likeness (QED) is 0.489. The van der Waals surface area contributed by atoms with Gasteiger partial charge in [0.15, 0.2) is 0 Å². The molecule has 118 valence electrons. The third kappa shape index (κ3) is 3.63. The maximum Gasteiger partial charge on any atom is 0.416 e. The van der Waals surface area contributed by atoms with E-state index < -0.39 is 17.7 Å². The highest BCUT2D eigenvalue weighted by molar-refractivity contribution is 5.98. The fraction of sp³-hybridized carbons (Fsp3) is 0.357. The van der Waals surface area contributed by atoms with Gasteiger partial charge in [-0.05, 0) is 24.3 Å². The zero-order chi connectivity index (χ0) is 16.3.